The predicted octanol–water partition coefficient (Wildman–Crippen LogP) is 2.64. The highest BCUT2D eigenvalue weighted by atomic mass is 32.2. The van der Waals surface area contributed by atoms with Crippen LogP contribution in [-0.2, 0) is 10.8 Å². The molecule has 5 heteroatoms. The Labute approximate surface area is 118 Å². The molecule has 0 aliphatic carbocycles. The first-order valence-electron chi connectivity index (χ1n) is 6.55. The van der Waals surface area contributed by atoms with Crippen molar-refractivity contribution in [1.82, 2.24) is 5.32 Å². The van der Waals surface area contributed by atoms with Crippen LogP contribution in [0.25, 0.3) is 0 Å². The van der Waals surface area contributed by atoms with Gasteiger partial charge in [0.1, 0.15) is 0 Å². The first kappa shape index (κ1) is 16.0. The molecule has 0 aromatic heterocycles. The first-order valence-corrected chi connectivity index (χ1v) is 9.05. The van der Waals surface area contributed by atoms with Gasteiger partial charge in [0.2, 0.25) is 0 Å². The topological polar surface area (TPSA) is 41.5 Å². The smallest absolute Gasteiger partial charge is 0.156 e. The van der Waals surface area contributed by atoms with Gasteiger partial charge in [-0.3, -0.25) is 9.20 Å². The molecule has 3 atom stereocenters. The van der Waals surface area contributed by atoms with E-state index in [0.717, 1.165) is 24.7 Å². The zero-order valence-corrected chi connectivity index (χ0v) is 13.8. The number of hydrogen-bond acceptors (Lipinski definition) is 4. The van der Waals surface area contributed by atoms with E-state index >= 15 is 0 Å². The Balaban J connectivity index is 2.21. The Morgan fingerprint density at radius 3 is 2.78 bits per heavy atom. The molecule has 1 aliphatic rings. The third-order valence-corrected chi connectivity index (χ3v) is 5.47. The van der Waals surface area contributed by atoms with Crippen molar-refractivity contribution >= 4 is 27.7 Å². The lowest BCUT2D eigenvalue weighted by molar-refractivity contribution is 0.375. The van der Waals surface area contributed by atoms with Crippen LogP contribution in [0.2, 0.25) is 0 Å². The van der Waals surface area contributed by atoms with Crippen LogP contribution in [0.1, 0.15) is 40.5 Å². The number of aliphatic imine (C=N–C) groups is 1. The molecule has 0 aromatic carbocycles. The van der Waals surface area contributed by atoms with E-state index in [-0.39, 0.29) is 5.25 Å². The van der Waals surface area contributed by atoms with E-state index in [1.54, 1.807) is 6.26 Å². The summed E-state index contributed by atoms with van der Waals surface area (Å²) in [6, 6.07) is 0. The quantitative estimate of drug-likeness (QED) is 0.846. The number of rotatable bonds is 5. The van der Waals surface area contributed by atoms with Gasteiger partial charge in [-0.25, -0.2) is 0 Å². The van der Waals surface area contributed by atoms with E-state index in [0.29, 0.717) is 10.7 Å². The fourth-order valence-corrected chi connectivity index (χ4v) is 3.68. The Bertz CT molecular complexity index is 323. The lowest BCUT2D eigenvalue weighted by atomic mass is 9.90. The van der Waals surface area contributed by atoms with E-state index in [1.807, 2.05) is 18.7 Å². The summed E-state index contributed by atoms with van der Waals surface area (Å²) in [6.07, 6.45) is 3.90. The molecule has 0 radical (unpaired) electrons. The van der Waals surface area contributed by atoms with Crippen LogP contribution in [0.3, 0.4) is 0 Å². The number of thioether (sulfide) groups is 1. The average molecular weight is 290 g/mol. The third-order valence-electron chi connectivity index (χ3n) is 2.95. The van der Waals surface area contributed by atoms with E-state index < -0.39 is 10.8 Å². The van der Waals surface area contributed by atoms with Gasteiger partial charge in [0.15, 0.2) is 5.17 Å². The molecule has 0 fully saturated rings. The summed E-state index contributed by atoms with van der Waals surface area (Å²) in [5.41, 5.74) is 0.371. The van der Waals surface area contributed by atoms with E-state index in [4.69, 9.17) is 0 Å². The highest BCUT2D eigenvalue weighted by Gasteiger charge is 2.24. The van der Waals surface area contributed by atoms with Gasteiger partial charge < -0.3 is 5.32 Å². The molecule has 0 aromatic rings. The summed E-state index contributed by atoms with van der Waals surface area (Å²) in [4.78, 5) is 4.54. The number of nitrogens with zero attached hydrogens (tertiary/aromatic N) is 1. The maximum absolute atomic E-state index is 11.2. The Morgan fingerprint density at radius 1 is 1.56 bits per heavy atom. The highest BCUT2D eigenvalue weighted by Crippen LogP contribution is 2.31. The second-order valence-electron chi connectivity index (χ2n) is 6.18. The van der Waals surface area contributed by atoms with Gasteiger partial charge in [-0.05, 0) is 18.3 Å². The molecular formula is C13H26N2OS2. The number of nitrogens with one attached hydrogen (secondary N) is 1. The van der Waals surface area contributed by atoms with Crippen LogP contribution in [-0.4, -0.2) is 39.2 Å². The zero-order chi connectivity index (χ0) is 13.8. The van der Waals surface area contributed by atoms with Crippen molar-refractivity contribution < 1.29 is 4.21 Å². The fourth-order valence-electron chi connectivity index (χ4n) is 1.85. The molecule has 0 spiro atoms. The first-order chi connectivity index (χ1) is 8.28. The SMILES string of the molecule is CC(CCNC1=NCC(CC(C)(C)C)S1)S(C)=O. The minimum absolute atomic E-state index is 0.259. The van der Waals surface area contributed by atoms with Crippen molar-refractivity contribution in [2.45, 2.75) is 51.0 Å². The van der Waals surface area contributed by atoms with Gasteiger partial charge in [0, 0.05) is 34.1 Å². The minimum Gasteiger partial charge on any atom is -0.365 e. The molecule has 3 unspecified atom stereocenters. The van der Waals surface area contributed by atoms with Crippen molar-refractivity contribution in [3.63, 3.8) is 0 Å². The van der Waals surface area contributed by atoms with Gasteiger partial charge in [0.25, 0.3) is 0 Å². The molecule has 1 N–H and O–H groups in total. The third kappa shape index (κ3) is 6.23. The van der Waals surface area contributed by atoms with Crippen molar-refractivity contribution in [2.24, 2.45) is 10.4 Å². The second kappa shape index (κ2) is 6.94. The van der Waals surface area contributed by atoms with Crippen LogP contribution in [0, 0.1) is 5.41 Å². The largest absolute Gasteiger partial charge is 0.365 e. The van der Waals surface area contributed by atoms with Gasteiger partial charge in [-0.2, -0.15) is 0 Å². The molecular weight excluding hydrogens is 264 g/mol. The van der Waals surface area contributed by atoms with Gasteiger partial charge in [0.05, 0.1) is 6.54 Å². The van der Waals surface area contributed by atoms with Crippen LogP contribution >= 0.6 is 11.8 Å². The van der Waals surface area contributed by atoms with E-state index in [9.17, 15) is 4.21 Å². The normalized spacial score (nSPS) is 23.6. The molecule has 3 nitrogen and oxygen atoms in total. The molecule has 0 amide bonds. The van der Waals surface area contributed by atoms with E-state index in [1.165, 1.54) is 6.42 Å². The van der Waals surface area contributed by atoms with Crippen molar-refractivity contribution in [3.05, 3.63) is 0 Å². The molecule has 0 saturated carbocycles. The maximum Gasteiger partial charge on any atom is 0.156 e. The van der Waals surface area contributed by atoms with Crippen molar-refractivity contribution in [2.75, 3.05) is 19.3 Å². The number of hydrogen-bond donors (Lipinski definition) is 1. The van der Waals surface area contributed by atoms with Crippen LogP contribution < -0.4 is 5.32 Å². The molecule has 106 valence electrons. The molecule has 1 aliphatic heterocycles. The number of amidine groups is 1. The van der Waals surface area contributed by atoms with Crippen LogP contribution in [0.4, 0.5) is 0 Å². The standard InChI is InChI=1S/C13H26N2OS2/c1-10(18(5)16)6-7-14-12-15-9-11(17-12)8-13(2,3)4/h10-11H,6-9H2,1-5H3,(H,14,15). The highest BCUT2D eigenvalue weighted by molar-refractivity contribution is 8.14. The molecule has 18 heavy (non-hydrogen) atoms. The Hall–Kier alpha value is -0.0300. The molecule has 1 rings (SSSR count). The summed E-state index contributed by atoms with van der Waals surface area (Å²) in [5, 5.41) is 5.30. The summed E-state index contributed by atoms with van der Waals surface area (Å²) in [5.74, 6) is 0. The van der Waals surface area contributed by atoms with Crippen molar-refractivity contribution in [3.8, 4) is 0 Å². The van der Waals surface area contributed by atoms with Gasteiger partial charge in [-0.1, -0.05) is 39.5 Å². The zero-order valence-electron chi connectivity index (χ0n) is 12.2. The summed E-state index contributed by atoms with van der Waals surface area (Å²) >= 11 is 1.86. The fraction of sp³-hybridized carbons (Fsp3) is 0.923. The predicted molar refractivity (Wildman–Crippen MR) is 83.9 cm³/mol. The average Bonchev–Trinajstić information content (AvgIpc) is 2.62. The summed E-state index contributed by atoms with van der Waals surface area (Å²) < 4.78 is 11.2. The molecule has 0 saturated heterocycles. The molecule has 0 bridgehead atoms. The van der Waals surface area contributed by atoms with E-state index in [2.05, 4.69) is 31.1 Å². The Morgan fingerprint density at radius 2 is 2.22 bits per heavy atom. The minimum atomic E-state index is -0.720. The molecule has 1 heterocycles. The Kier molecular flexibility index (Phi) is 6.18. The monoisotopic (exact) mass is 290 g/mol. The van der Waals surface area contributed by atoms with Gasteiger partial charge in [-0.15, -0.1) is 0 Å². The van der Waals surface area contributed by atoms with Crippen LogP contribution in [0.5, 0.6) is 0 Å². The summed E-state index contributed by atoms with van der Waals surface area (Å²) in [6.45, 7) is 10.7. The lowest BCUT2D eigenvalue weighted by Gasteiger charge is -2.21. The van der Waals surface area contributed by atoms with Crippen LogP contribution in [0.15, 0.2) is 4.99 Å². The maximum atomic E-state index is 11.2. The summed E-state index contributed by atoms with van der Waals surface area (Å²) in [7, 11) is -0.720. The van der Waals surface area contributed by atoms with Crippen molar-refractivity contribution in [1.29, 1.82) is 0 Å². The van der Waals surface area contributed by atoms with Gasteiger partial charge >= 0.3 is 0 Å². The second-order valence-corrected chi connectivity index (χ2v) is 9.27. The lowest BCUT2D eigenvalue weighted by Crippen LogP contribution is -2.25.